The molecule has 1 aromatic heterocycles. The number of rotatable bonds is 5. The Morgan fingerprint density at radius 1 is 1.35 bits per heavy atom. The Kier molecular flexibility index (Phi) is 5.68. The summed E-state index contributed by atoms with van der Waals surface area (Å²) in [5.41, 5.74) is 5.45. The Morgan fingerprint density at radius 2 is 2.00 bits per heavy atom. The van der Waals surface area contributed by atoms with Crippen LogP contribution in [-0.4, -0.2) is 27.8 Å². The van der Waals surface area contributed by atoms with Crippen LogP contribution in [0.2, 0.25) is 0 Å². The normalized spacial score (nSPS) is 12.3. The first kappa shape index (κ1) is 19.5. The Balaban J connectivity index is 2.18. The fourth-order valence-electron chi connectivity index (χ4n) is 1.84. The van der Waals surface area contributed by atoms with Gasteiger partial charge < -0.3 is 10.5 Å². The van der Waals surface area contributed by atoms with Gasteiger partial charge in [-0.2, -0.15) is 0 Å². The summed E-state index contributed by atoms with van der Waals surface area (Å²) in [6.07, 6.45) is 1.05. The molecule has 26 heavy (non-hydrogen) atoms. The molecular formula is C16H18N4O5S. The number of benzene rings is 1. The zero-order valence-corrected chi connectivity index (χ0v) is 15.2. The van der Waals surface area contributed by atoms with E-state index in [-0.39, 0.29) is 21.4 Å². The highest BCUT2D eigenvalue weighted by Crippen LogP contribution is 2.27. The second-order valence-electron chi connectivity index (χ2n) is 6.48. The predicted molar refractivity (Wildman–Crippen MR) is 96.2 cm³/mol. The molecule has 2 rings (SSSR count). The summed E-state index contributed by atoms with van der Waals surface area (Å²) in [6.45, 7) is 5.40. The Labute approximate surface area is 153 Å². The molecule has 0 aliphatic rings. The van der Waals surface area contributed by atoms with Crippen LogP contribution in [0.25, 0.3) is 0 Å². The summed E-state index contributed by atoms with van der Waals surface area (Å²) >= 11 is 0.722. The maximum atomic E-state index is 12.4. The first-order valence-corrected chi connectivity index (χ1v) is 8.39. The maximum Gasteiger partial charge on any atom is 0.345 e. The number of para-hydroxylation sites is 1. The van der Waals surface area contributed by atoms with Gasteiger partial charge in [0.05, 0.1) is 10.5 Å². The van der Waals surface area contributed by atoms with Crippen LogP contribution < -0.4 is 15.8 Å². The van der Waals surface area contributed by atoms with E-state index in [4.69, 9.17) is 10.5 Å². The second kappa shape index (κ2) is 7.58. The Bertz CT molecular complexity index is 843. The van der Waals surface area contributed by atoms with Gasteiger partial charge in [0.15, 0.2) is 5.13 Å². The molecule has 1 atom stereocenters. The molecule has 0 radical (unpaired) electrons. The number of aromatic nitrogens is 1. The van der Waals surface area contributed by atoms with E-state index in [0.29, 0.717) is 0 Å². The quantitative estimate of drug-likeness (QED) is 0.353. The average molecular weight is 378 g/mol. The highest BCUT2D eigenvalue weighted by Gasteiger charge is 2.30. The van der Waals surface area contributed by atoms with Crippen molar-refractivity contribution in [3.63, 3.8) is 0 Å². The number of amides is 1. The molecule has 0 aliphatic heterocycles. The van der Waals surface area contributed by atoms with Crippen LogP contribution in [-0.2, 0) is 4.79 Å². The zero-order valence-electron chi connectivity index (χ0n) is 14.4. The van der Waals surface area contributed by atoms with Gasteiger partial charge in [0.1, 0.15) is 18.0 Å². The maximum absolute atomic E-state index is 12.4. The van der Waals surface area contributed by atoms with Crippen molar-refractivity contribution in [3.8, 4) is 5.75 Å². The molecule has 1 aromatic carbocycles. The fourth-order valence-corrected chi connectivity index (χ4v) is 2.47. The second-order valence-corrected chi connectivity index (χ2v) is 7.48. The van der Waals surface area contributed by atoms with Crippen LogP contribution in [0, 0.1) is 15.5 Å². The number of nitrogens with two attached hydrogens (primary N) is 1. The molecule has 0 spiro atoms. The molecule has 10 heteroatoms. The molecule has 0 saturated carbocycles. The lowest BCUT2D eigenvalue weighted by molar-refractivity contribution is -0.380. The van der Waals surface area contributed by atoms with Gasteiger partial charge in [0, 0.05) is 0 Å². The minimum atomic E-state index is -0.875. The lowest BCUT2D eigenvalue weighted by Gasteiger charge is -2.25. The summed E-state index contributed by atoms with van der Waals surface area (Å²) in [4.78, 5) is 38.5. The van der Waals surface area contributed by atoms with Crippen LogP contribution in [0.3, 0.4) is 0 Å². The van der Waals surface area contributed by atoms with Crippen molar-refractivity contribution in [2.45, 2.75) is 26.8 Å². The molecule has 0 aliphatic carbocycles. The summed E-state index contributed by atoms with van der Waals surface area (Å²) in [7, 11) is 0. The number of ether oxygens (including phenoxy) is 1. The number of nitrogens with zero attached hydrogens (tertiary/aromatic N) is 2. The zero-order chi connectivity index (χ0) is 19.5. The fraction of sp³-hybridized carbons (Fsp3) is 0.312. The summed E-state index contributed by atoms with van der Waals surface area (Å²) in [6, 6.07) is 5.26. The topological polar surface area (TPSA) is 137 Å². The first-order chi connectivity index (χ1) is 12.1. The van der Waals surface area contributed by atoms with Crippen LogP contribution in [0.15, 0.2) is 30.5 Å². The van der Waals surface area contributed by atoms with Crippen molar-refractivity contribution in [1.29, 1.82) is 0 Å². The van der Waals surface area contributed by atoms with E-state index in [1.165, 1.54) is 12.1 Å². The third-order valence-corrected chi connectivity index (χ3v) is 4.29. The number of nitrogens with one attached hydrogen (secondary N) is 1. The Morgan fingerprint density at radius 3 is 2.58 bits per heavy atom. The molecule has 1 heterocycles. The molecule has 0 unspecified atom stereocenters. The van der Waals surface area contributed by atoms with Gasteiger partial charge in [-0.05, 0) is 28.9 Å². The number of carbonyl (C=O) groups excluding carboxylic acids is 2. The van der Waals surface area contributed by atoms with E-state index in [9.17, 15) is 19.7 Å². The molecule has 1 amide bonds. The number of hydrogen-bond donors (Lipinski definition) is 2. The van der Waals surface area contributed by atoms with E-state index in [0.717, 1.165) is 17.5 Å². The van der Waals surface area contributed by atoms with Gasteiger partial charge in [0.2, 0.25) is 0 Å². The van der Waals surface area contributed by atoms with Crippen LogP contribution in [0.5, 0.6) is 5.75 Å². The third-order valence-electron chi connectivity index (χ3n) is 3.42. The highest BCUT2D eigenvalue weighted by molar-refractivity contribution is 7.18. The lowest BCUT2D eigenvalue weighted by atomic mass is 9.87. The molecule has 0 saturated heterocycles. The van der Waals surface area contributed by atoms with Crippen molar-refractivity contribution in [2.24, 2.45) is 11.1 Å². The average Bonchev–Trinajstić information content (AvgIpc) is 3.02. The van der Waals surface area contributed by atoms with Crippen molar-refractivity contribution in [2.75, 3.05) is 5.32 Å². The van der Waals surface area contributed by atoms with Crippen molar-refractivity contribution >= 4 is 33.3 Å². The van der Waals surface area contributed by atoms with Gasteiger partial charge in [0.25, 0.3) is 5.91 Å². The number of thiazole rings is 1. The van der Waals surface area contributed by atoms with E-state index >= 15 is 0 Å². The van der Waals surface area contributed by atoms with Gasteiger partial charge in [-0.1, -0.05) is 32.9 Å². The monoisotopic (exact) mass is 378 g/mol. The summed E-state index contributed by atoms with van der Waals surface area (Å²) in [5, 5.41) is 13.0. The van der Waals surface area contributed by atoms with Crippen LogP contribution in [0.4, 0.5) is 10.1 Å². The molecular weight excluding hydrogens is 360 g/mol. The molecule has 0 fully saturated rings. The first-order valence-electron chi connectivity index (χ1n) is 7.57. The number of esters is 1. The number of hydrogen-bond acceptors (Lipinski definition) is 8. The van der Waals surface area contributed by atoms with Crippen LogP contribution in [0.1, 0.15) is 31.1 Å². The standard InChI is InChI=1S/C16H18N4O5S/c1-16(2,3)12(17)14(22)25-10-7-5-4-6-9(10)13(21)19-15-18-8-11(26-15)20(23)24/h4-8,12H,17H2,1-3H3,(H,18,19,21)/t12-/m1/s1. The summed E-state index contributed by atoms with van der Waals surface area (Å²) < 4.78 is 5.29. The van der Waals surface area contributed by atoms with Crippen molar-refractivity contribution in [3.05, 3.63) is 46.1 Å². The van der Waals surface area contributed by atoms with Gasteiger partial charge in [-0.25, -0.2) is 9.78 Å². The predicted octanol–water partition coefficient (Wildman–Crippen LogP) is 2.58. The van der Waals surface area contributed by atoms with Crippen molar-refractivity contribution < 1.29 is 19.2 Å². The van der Waals surface area contributed by atoms with E-state index < -0.39 is 28.3 Å². The molecule has 138 valence electrons. The van der Waals surface area contributed by atoms with E-state index in [2.05, 4.69) is 10.3 Å². The Hall–Kier alpha value is -2.85. The van der Waals surface area contributed by atoms with Gasteiger partial charge >= 0.3 is 11.0 Å². The van der Waals surface area contributed by atoms with Crippen molar-refractivity contribution in [1.82, 2.24) is 4.98 Å². The molecule has 9 nitrogen and oxygen atoms in total. The largest absolute Gasteiger partial charge is 0.425 e. The number of anilines is 1. The smallest absolute Gasteiger partial charge is 0.345 e. The summed E-state index contributed by atoms with van der Waals surface area (Å²) in [5.74, 6) is -1.23. The third kappa shape index (κ3) is 4.61. The highest BCUT2D eigenvalue weighted by atomic mass is 32.1. The van der Waals surface area contributed by atoms with Gasteiger partial charge in [-0.15, -0.1) is 0 Å². The van der Waals surface area contributed by atoms with E-state index in [1.807, 2.05) is 0 Å². The SMILES string of the molecule is CC(C)(C)[C@H](N)C(=O)Oc1ccccc1C(=O)Nc1ncc([N+](=O)[O-])s1. The molecule has 2 aromatic rings. The lowest BCUT2D eigenvalue weighted by Crippen LogP contribution is -2.44. The number of carbonyl (C=O) groups is 2. The molecule has 0 bridgehead atoms. The number of nitro groups is 1. The minimum absolute atomic E-state index is 0.0424. The van der Waals surface area contributed by atoms with Crippen LogP contribution >= 0.6 is 11.3 Å². The minimum Gasteiger partial charge on any atom is -0.425 e. The van der Waals surface area contributed by atoms with E-state index in [1.54, 1.807) is 32.9 Å². The van der Waals surface area contributed by atoms with Gasteiger partial charge in [-0.3, -0.25) is 20.2 Å². The molecule has 3 N–H and O–H groups in total.